The number of β-lactam (4-membered cyclic amide) rings is 1. The van der Waals surface area contributed by atoms with Crippen LogP contribution >= 0.6 is 0 Å². The zero-order valence-electron chi connectivity index (χ0n) is 15.7. The van der Waals surface area contributed by atoms with E-state index in [-0.39, 0.29) is 6.61 Å². The summed E-state index contributed by atoms with van der Waals surface area (Å²) >= 11 is 0. The number of nitrogens with zero attached hydrogens (tertiary/aromatic N) is 6. The fourth-order valence-electron chi connectivity index (χ4n) is 3.84. The highest BCUT2D eigenvalue weighted by molar-refractivity contribution is 5.96. The van der Waals surface area contributed by atoms with Crippen LogP contribution in [0.1, 0.15) is 24.2 Å². The second kappa shape index (κ2) is 7.12. The smallest absolute Gasteiger partial charge is 0.431 e. The van der Waals surface area contributed by atoms with Crippen molar-refractivity contribution >= 4 is 17.9 Å². The van der Waals surface area contributed by atoms with Gasteiger partial charge in [0.25, 0.3) is 11.8 Å². The molecule has 29 heavy (non-hydrogen) atoms. The Kier molecular flexibility index (Phi) is 4.61. The van der Waals surface area contributed by atoms with E-state index < -0.39 is 42.3 Å². The van der Waals surface area contributed by atoms with Crippen LogP contribution in [0, 0.1) is 0 Å². The summed E-state index contributed by atoms with van der Waals surface area (Å²) < 4.78 is 5.08. The Hall–Kier alpha value is -3.56. The minimum absolute atomic E-state index is 0.0906. The molecule has 0 radical (unpaired) electrons. The Labute approximate surface area is 165 Å². The number of rotatable bonds is 3. The fourth-order valence-corrected chi connectivity index (χ4v) is 3.84. The molecule has 4 atom stereocenters. The molecule has 0 spiro atoms. The molecule has 150 valence electrons. The number of carbonyl (C=O) groups is 3. The molecular weight excluding hydrogens is 380 g/mol. The molecule has 3 amide bonds. The van der Waals surface area contributed by atoms with Crippen LogP contribution in [-0.2, 0) is 14.4 Å². The van der Waals surface area contributed by atoms with Crippen LogP contribution in [0.4, 0.5) is 4.79 Å². The molecule has 11 nitrogen and oxygen atoms in total. The molecule has 2 fully saturated rings. The van der Waals surface area contributed by atoms with E-state index in [1.807, 2.05) is 0 Å². The normalized spacial score (nSPS) is 27.3. The summed E-state index contributed by atoms with van der Waals surface area (Å²) in [6, 6.07) is 5.91. The highest BCUT2D eigenvalue weighted by Gasteiger charge is 2.62. The summed E-state index contributed by atoms with van der Waals surface area (Å²) in [4.78, 5) is 47.0. The highest BCUT2D eigenvalue weighted by atomic mass is 16.7. The first-order valence-corrected chi connectivity index (χ1v) is 9.06. The van der Waals surface area contributed by atoms with Crippen LogP contribution in [0.15, 0.2) is 47.1 Å². The number of carbonyl (C=O) groups excluding carboxylic acids is 3. The molecule has 4 aliphatic heterocycles. The third-order valence-electron chi connectivity index (χ3n) is 5.08. The van der Waals surface area contributed by atoms with Crippen molar-refractivity contribution in [2.24, 2.45) is 5.11 Å². The average Bonchev–Trinajstić information content (AvgIpc) is 2.92. The lowest BCUT2D eigenvalue weighted by molar-refractivity contribution is -0.211. The van der Waals surface area contributed by atoms with Gasteiger partial charge in [0.15, 0.2) is 0 Å². The summed E-state index contributed by atoms with van der Waals surface area (Å²) in [5, 5.41) is 6.93. The Balaban J connectivity index is 1.79. The first-order valence-electron chi connectivity index (χ1n) is 9.06. The molecule has 0 saturated carbocycles. The second-order valence-electron chi connectivity index (χ2n) is 6.72. The SMILES string of the molecule is CCOC(=O)N1[C@H]2C=C(C)[C@@H]([C@@H]3[C@H](N=[N+]=[N-])C(=O)N31)N(C(=O)c1ccccc1)O2. The van der Waals surface area contributed by atoms with Gasteiger partial charge in [-0.2, -0.15) is 5.01 Å². The van der Waals surface area contributed by atoms with Crippen LogP contribution < -0.4 is 0 Å². The van der Waals surface area contributed by atoms with Gasteiger partial charge >= 0.3 is 6.09 Å². The van der Waals surface area contributed by atoms with Gasteiger partial charge in [-0.15, -0.1) is 0 Å². The van der Waals surface area contributed by atoms with E-state index in [4.69, 9.17) is 15.1 Å². The Morgan fingerprint density at radius 1 is 1.31 bits per heavy atom. The number of amides is 3. The van der Waals surface area contributed by atoms with Gasteiger partial charge < -0.3 is 4.74 Å². The van der Waals surface area contributed by atoms with Crippen molar-refractivity contribution in [3.05, 3.63) is 58.0 Å². The van der Waals surface area contributed by atoms with Gasteiger partial charge in [0, 0.05) is 10.5 Å². The maximum absolute atomic E-state index is 13.1. The molecule has 2 bridgehead atoms. The summed E-state index contributed by atoms with van der Waals surface area (Å²) in [5.74, 6) is -0.991. The van der Waals surface area contributed by atoms with E-state index in [9.17, 15) is 14.4 Å². The predicted octanol–water partition coefficient (Wildman–Crippen LogP) is 1.99. The molecule has 0 aliphatic carbocycles. The van der Waals surface area contributed by atoms with Crippen molar-refractivity contribution in [2.45, 2.75) is 38.2 Å². The van der Waals surface area contributed by atoms with Gasteiger partial charge in [0.1, 0.15) is 12.1 Å². The molecule has 1 aromatic carbocycles. The highest BCUT2D eigenvalue weighted by Crippen LogP contribution is 2.42. The van der Waals surface area contributed by atoms with Crippen molar-refractivity contribution in [3.8, 4) is 0 Å². The predicted molar refractivity (Wildman–Crippen MR) is 97.5 cm³/mol. The number of hydroxylamine groups is 2. The number of hydrazine groups is 1. The summed E-state index contributed by atoms with van der Waals surface area (Å²) in [7, 11) is 0. The lowest BCUT2D eigenvalue weighted by atomic mass is 9.86. The average molecular weight is 398 g/mol. The third kappa shape index (κ3) is 2.79. The summed E-state index contributed by atoms with van der Waals surface area (Å²) in [6.07, 6.45) is -0.206. The van der Waals surface area contributed by atoms with Gasteiger partial charge in [-0.25, -0.2) is 19.7 Å². The van der Waals surface area contributed by atoms with Crippen LogP contribution in [0.3, 0.4) is 0 Å². The van der Waals surface area contributed by atoms with Gasteiger partial charge in [0.2, 0.25) is 6.23 Å². The van der Waals surface area contributed by atoms with Crippen LogP contribution in [0.5, 0.6) is 0 Å². The largest absolute Gasteiger partial charge is 0.448 e. The number of fused-ring (bicyclic) bond motifs is 1. The van der Waals surface area contributed by atoms with E-state index in [1.165, 1.54) is 0 Å². The maximum atomic E-state index is 13.1. The van der Waals surface area contributed by atoms with Crippen molar-refractivity contribution in [2.75, 3.05) is 6.61 Å². The van der Waals surface area contributed by atoms with Crippen LogP contribution in [-0.4, -0.2) is 63.9 Å². The maximum Gasteiger partial charge on any atom is 0.431 e. The number of azide groups is 1. The molecule has 4 aliphatic rings. The Morgan fingerprint density at radius 2 is 2.03 bits per heavy atom. The van der Waals surface area contributed by atoms with E-state index in [1.54, 1.807) is 50.3 Å². The first kappa shape index (κ1) is 18.8. The number of ether oxygens (including phenoxy) is 1. The van der Waals surface area contributed by atoms with Crippen molar-refractivity contribution in [1.82, 2.24) is 15.1 Å². The number of hydrogen-bond donors (Lipinski definition) is 0. The Morgan fingerprint density at radius 3 is 2.69 bits per heavy atom. The minimum atomic E-state index is -1.07. The molecular formula is C18H18N6O5. The first-order chi connectivity index (χ1) is 14.0. The second-order valence-corrected chi connectivity index (χ2v) is 6.72. The van der Waals surface area contributed by atoms with Crippen LogP contribution in [0.25, 0.3) is 10.4 Å². The van der Waals surface area contributed by atoms with Crippen LogP contribution in [0.2, 0.25) is 0 Å². The molecule has 0 aromatic heterocycles. The van der Waals surface area contributed by atoms with Crippen molar-refractivity contribution in [1.29, 1.82) is 0 Å². The third-order valence-corrected chi connectivity index (χ3v) is 5.08. The number of benzene rings is 1. The molecule has 0 N–H and O–H groups in total. The monoisotopic (exact) mass is 398 g/mol. The zero-order chi connectivity index (χ0) is 20.7. The minimum Gasteiger partial charge on any atom is -0.448 e. The van der Waals surface area contributed by atoms with E-state index in [2.05, 4.69) is 10.0 Å². The van der Waals surface area contributed by atoms with Gasteiger partial charge in [-0.1, -0.05) is 23.3 Å². The van der Waals surface area contributed by atoms with Gasteiger partial charge in [-0.05, 0) is 43.2 Å². The molecule has 11 heteroatoms. The lowest BCUT2D eigenvalue weighted by Gasteiger charge is -2.49. The summed E-state index contributed by atoms with van der Waals surface area (Å²) in [6.45, 7) is 3.50. The molecule has 5 rings (SSSR count). The molecule has 0 unspecified atom stereocenters. The summed E-state index contributed by atoms with van der Waals surface area (Å²) in [5.41, 5.74) is 9.97. The standard InChI is InChI=1S/C18H18N6O5/c1-3-28-18(27)22-12-9-10(2)14(15-13(20-21-19)17(26)23(15)22)24(29-12)16(25)11-7-5-4-6-8-11/h4-9,12-15H,3H2,1-2H3/t12-,13+,14+,15+/m1/s1. The number of hydrogen-bond acceptors (Lipinski definition) is 6. The van der Waals surface area contributed by atoms with E-state index >= 15 is 0 Å². The quantitative estimate of drug-likeness (QED) is 0.253. The molecule has 1 aromatic rings. The molecule has 2 saturated heterocycles. The van der Waals surface area contributed by atoms with Crippen molar-refractivity contribution in [3.63, 3.8) is 0 Å². The Bertz CT molecular complexity index is 943. The fraction of sp³-hybridized carbons (Fsp3) is 0.389. The van der Waals surface area contributed by atoms with Gasteiger partial charge in [0.05, 0.1) is 12.6 Å². The van der Waals surface area contributed by atoms with E-state index in [0.717, 1.165) is 15.1 Å². The van der Waals surface area contributed by atoms with Crippen molar-refractivity contribution < 1.29 is 24.0 Å². The lowest BCUT2D eigenvalue weighted by Crippen LogP contribution is -2.74. The zero-order valence-corrected chi connectivity index (χ0v) is 15.7. The van der Waals surface area contributed by atoms with Gasteiger partial charge in [-0.3, -0.25) is 9.59 Å². The topological polar surface area (TPSA) is 128 Å². The van der Waals surface area contributed by atoms with E-state index in [0.29, 0.717) is 11.1 Å². The molecule has 4 heterocycles.